The number of ether oxygens (including phenoxy) is 2. The van der Waals surface area contributed by atoms with Crippen molar-refractivity contribution in [1.82, 2.24) is 10.3 Å². The first-order valence-corrected chi connectivity index (χ1v) is 7.65. The van der Waals surface area contributed by atoms with Gasteiger partial charge in [0.2, 0.25) is 0 Å². The van der Waals surface area contributed by atoms with Crippen molar-refractivity contribution in [2.75, 3.05) is 20.3 Å². The van der Waals surface area contributed by atoms with Gasteiger partial charge in [-0.25, -0.2) is 4.98 Å². The second-order valence-electron chi connectivity index (χ2n) is 4.18. The van der Waals surface area contributed by atoms with Crippen LogP contribution in [0.4, 0.5) is 0 Å². The topological polar surface area (TPSA) is 43.4 Å². The first-order chi connectivity index (χ1) is 9.78. The number of rotatable bonds is 7. The highest BCUT2D eigenvalue weighted by atomic mass is 32.1. The van der Waals surface area contributed by atoms with Crippen molar-refractivity contribution in [3.63, 3.8) is 0 Å². The largest absolute Gasteiger partial charge is 0.494 e. The van der Waals surface area contributed by atoms with E-state index in [1.807, 2.05) is 39.1 Å². The predicted molar refractivity (Wildman–Crippen MR) is 82.7 cm³/mol. The van der Waals surface area contributed by atoms with Crippen LogP contribution in [-0.2, 0) is 6.54 Å². The van der Waals surface area contributed by atoms with Crippen LogP contribution in [0, 0.1) is 0 Å². The molecule has 0 unspecified atom stereocenters. The normalized spacial score (nSPS) is 10.6. The molecule has 5 heteroatoms. The van der Waals surface area contributed by atoms with E-state index in [0.717, 1.165) is 34.3 Å². The Hall–Kier alpha value is -1.59. The van der Waals surface area contributed by atoms with E-state index < -0.39 is 0 Å². The second kappa shape index (κ2) is 7.26. The van der Waals surface area contributed by atoms with E-state index in [9.17, 15) is 0 Å². The summed E-state index contributed by atoms with van der Waals surface area (Å²) in [5.41, 5.74) is 1.92. The number of nitrogens with one attached hydrogen (secondary N) is 1. The lowest BCUT2D eigenvalue weighted by Gasteiger charge is -2.11. The lowest BCUT2D eigenvalue weighted by atomic mass is 10.1. The minimum absolute atomic E-state index is 0.633. The molecule has 20 heavy (non-hydrogen) atoms. The molecule has 0 saturated carbocycles. The molecular weight excluding hydrogens is 272 g/mol. The molecule has 1 N–H and O–H groups in total. The SMILES string of the molecule is CCOc1ccc(OCC)c(-c2csc(CNC)n2)c1. The van der Waals surface area contributed by atoms with E-state index >= 15 is 0 Å². The van der Waals surface area contributed by atoms with Crippen LogP contribution in [0.15, 0.2) is 23.6 Å². The van der Waals surface area contributed by atoms with Gasteiger partial charge >= 0.3 is 0 Å². The second-order valence-corrected chi connectivity index (χ2v) is 5.12. The Kier molecular flexibility index (Phi) is 5.38. The Morgan fingerprint density at radius 3 is 2.70 bits per heavy atom. The summed E-state index contributed by atoms with van der Waals surface area (Å²) in [6, 6.07) is 5.87. The van der Waals surface area contributed by atoms with Crippen molar-refractivity contribution < 1.29 is 9.47 Å². The minimum Gasteiger partial charge on any atom is -0.494 e. The fraction of sp³-hybridized carbons (Fsp3) is 0.400. The molecule has 108 valence electrons. The summed E-state index contributed by atoms with van der Waals surface area (Å²) in [5, 5.41) is 6.23. The summed E-state index contributed by atoms with van der Waals surface area (Å²) in [4.78, 5) is 4.63. The highest BCUT2D eigenvalue weighted by Gasteiger charge is 2.12. The van der Waals surface area contributed by atoms with Gasteiger partial charge in [0, 0.05) is 17.5 Å². The molecule has 0 saturated heterocycles. The molecule has 0 aliphatic rings. The van der Waals surface area contributed by atoms with Gasteiger partial charge in [-0.05, 0) is 39.1 Å². The van der Waals surface area contributed by atoms with Gasteiger partial charge in [-0.3, -0.25) is 0 Å². The maximum absolute atomic E-state index is 5.69. The summed E-state index contributed by atoms with van der Waals surface area (Å²) in [6.07, 6.45) is 0. The van der Waals surface area contributed by atoms with Gasteiger partial charge in [0.1, 0.15) is 16.5 Å². The van der Waals surface area contributed by atoms with Crippen LogP contribution >= 0.6 is 11.3 Å². The van der Waals surface area contributed by atoms with Gasteiger partial charge in [0.25, 0.3) is 0 Å². The van der Waals surface area contributed by atoms with E-state index in [2.05, 4.69) is 15.7 Å². The minimum atomic E-state index is 0.633. The number of nitrogens with zero attached hydrogens (tertiary/aromatic N) is 1. The summed E-state index contributed by atoms with van der Waals surface area (Å²) in [6.45, 7) is 6.02. The van der Waals surface area contributed by atoms with E-state index in [1.54, 1.807) is 11.3 Å². The lowest BCUT2D eigenvalue weighted by Crippen LogP contribution is -2.04. The van der Waals surface area contributed by atoms with Crippen molar-refractivity contribution in [1.29, 1.82) is 0 Å². The van der Waals surface area contributed by atoms with E-state index in [4.69, 9.17) is 9.47 Å². The summed E-state index contributed by atoms with van der Waals surface area (Å²) < 4.78 is 11.3. The summed E-state index contributed by atoms with van der Waals surface area (Å²) >= 11 is 1.64. The number of thiazole rings is 1. The van der Waals surface area contributed by atoms with Crippen LogP contribution in [0.5, 0.6) is 11.5 Å². The fourth-order valence-corrected chi connectivity index (χ4v) is 2.72. The van der Waals surface area contributed by atoms with Crippen molar-refractivity contribution in [2.24, 2.45) is 0 Å². The van der Waals surface area contributed by atoms with Crippen LogP contribution in [-0.4, -0.2) is 25.2 Å². The first-order valence-electron chi connectivity index (χ1n) is 6.77. The van der Waals surface area contributed by atoms with Crippen LogP contribution in [0.3, 0.4) is 0 Å². The molecule has 1 aromatic heterocycles. The maximum Gasteiger partial charge on any atom is 0.128 e. The van der Waals surface area contributed by atoms with Crippen LogP contribution in [0.1, 0.15) is 18.9 Å². The smallest absolute Gasteiger partial charge is 0.128 e. The van der Waals surface area contributed by atoms with E-state index in [0.29, 0.717) is 13.2 Å². The van der Waals surface area contributed by atoms with Gasteiger partial charge in [-0.1, -0.05) is 0 Å². The zero-order chi connectivity index (χ0) is 14.4. The molecule has 2 aromatic rings. The van der Waals surface area contributed by atoms with E-state index in [-0.39, 0.29) is 0 Å². The van der Waals surface area contributed by atoms with Gasteiger partial charge in [-0.2, -0.15) is 0 Å². The quantitative estimate of drug-likeness (QED) is 0.850. The van der Waals surface area contributed by atoms with Crippen LogP contribution < -0.4 is 14.8 Å². The Morgan fingerprint density at radius 2 is 2.00 bits per heavy atom. The van der Waals surface area contributed by atoms with Gasteiger partial charge in [-0.15, -0.1) is 11.3 Å². The third-order valence-corrected chi connectivity index (χ3v) is 3.57. The van der Waals surface area contributed by atoms with Crippen molar-refractivity contribution >= 4 is 11.3 Å². The molecule has 0 spiro atoms. The van der Waals surface area contributed by atoms with Gasteiger partial charge < -0.3 is 14.8 Å². The molecule has 0 amide bonds. The molecule has 1 heterocycles. The molecular formula is C15H20N2O2S. The molecule has 2 rings (SSSR count). The lowest BCUT2D eigenvalue weighted by molar-refractivity contribution is 0.331. The Labute approximate surface area is 123 Å². The van der Waals surface area contributed by atoms with Gasteiger partial charge in [0.15, 0.2) is 0 Å². The fourth-order valence-electron chi connectivity index (χ4n) is 1.91. The molecule has 0 fully saturated rings. The Morgan fingerprint density at radius 1 is 1.20 bits per heavy atom. The summed E-state index contributed by atoms with van der Waals surface area (Å²) in [5.74, 6) is 1.69. The highest BCUT2D eigenvalue weighted by molar-refractivity contribution is 7.09. The molecule has 1 aromatic carbocycles. The maximum atomic E-state index is 5.69. The number of benzene rings is 1. The Bertz CT molecular complexity index is 555. The van der Waals surface area contributed by atoms with Crippen molar-refractivity contribution in [2.45, 2.75) is 20.4 Å². The molecule has 0 aliphatic heterocycles. The van der Waals surface area contributed by atoms with E-state index in [1.165, 1.54) is 0 Å². The number of aromatic nitrogens is 1. The highest BCUT2D eigenvalue weighted by Crippen LogP contribution is 2.34. The zero-order valence-corrected chi connectivity index (χ0v) is 12.9. The molecule has 0 bridgehead atoms. The van der Waals surface area contributed by atoms with Crippen LogP contribution in [0.2, 0.25) is 0 Å². The third-order valence-electron chi connectivity index (χ3n) is 2.72. The van der Waals surface area contributed by atoms with Crippen molar-refractivity contribution in [3.8, 4) is 22.8 Å². The third kappa shape index (κ3) is 3.49. The molecule has 4 nitrogen and oxygen atoms in total. The molecule has 0 atom stereocenters. The average Bonchev–Trinajstić information content (AvgIpc) is 2.90. The molecule has 0 radical (unpaired) electrons. The Balaban J connectivity index is 2.36. The van der Waals surface area contributed by atoms with Gasteiger partial charge in [0.05, 0.1) is 18.9 Å². The summed E-state index contributed by atoms with van der Waals surface area (Å²) in [7, 11) is 1.92. The number of hydrogen-bond acceptors (Lipinski definition) is 5. The first kappa shape index (κ1) is 14.8. The number of hydrogen-bond donors (Lipinski definition) is 1. The average molecular weight is 292 g/mol. The standard InChI is InChI=1S/C15H20N2O2S/c1-4-18-11-6-7-14(19-5-2)12(8-11)13-10-20-15(17-13)9-16-3/h6-8,10,16H,4-5,9H2,1-3H3. The van der Waals surface area contributed by atoms with Crippen molar-refractivity contribution in [3.05, 3.63) is 28.6 Å². The molecule has 0 aliphatic carbocycles. The zero-order valence-electron chi connectivity index (χ0n) is 12.1. The predicted octanol–water partition coefficient (Wildman–Crippen LogP) is 3.33. The van der Waals surface area contributed by atoms with Crippen LogP contribution in [0.25, 0.3) is 11.3 Å². The monoisotopic (exact) mass is 292 g/mol.